The number of hydrogen-bond donors (Lipinski definition) is 0. The van der Waals surface area contributed by atoms with Gasteiger partial charge in [-0.15, -0.1) is 0 Å². The molecule has 0 amide bonds. The normalized spacial score (nSPS) is 9.92. The molecule has 1 rings (SSSR count). The Morgan fingerprint density at radius 1 is 1.67 bits per heavy atom. The van der Waals surface area contributed by atoms with E-state index in [1.807, 2.05) is 0 Å². The molecule has 0 aliphatic carbocycles. The summed E-state index contributed by atoms with van der Waals surface area (Å²) >= 11 is 5.68. The Morgan fingerprint density at radius 3 is 2.75 bits per heavy atom. The van der Waals surface area contributed by atoms with Crippen molar-refractivity contribution in [1.29, 1.82) is 0 Å². The molecular weight excluding hydrogens is 177 g/mol. The van der Waals surface area contributed by atoms with Gasteiger partial charge in [-0.25, -0.2) is 4.39 Å². The molecular formula is C8H5BClFO. The second kappa shape index (κ2) is 3.27. The van der Waals surface area contributed by atoms with Gasteiger partial charge in [0, 0.05) is 10.6 Å². The summed E-state index contributed by atoms with van der Waals surface area (Å²) in [4.78, 5) is 10.3. The van der Waals surface area contributed by atoms with E-state index in [0.29, 0.717) is 11.8 Å². The van der Waals surface area contributed by atoms with Crippen molar-refractivity contribution in [3.8, 4) is 0 Å². The summed E-state index contributed by atoms with van der Waals surface area (Å²) in [6, 6.07) is 1.18. The number of benzene rings is 1. The van der Waals surface area contributed by atoms with Gasteiger partial charge in [-0.05, 0) is 18.6 Å². The lowest BCUT2D eigenvalue weighted by molar-refractivity contribution is 0.112. The van der Waals surface area contributed by atoms with Crippen LogP contribution in [0, 0.1) is 12.7 Å². The van der Waals surface area contributed by atoms with Gasteiger partial charge >= 0.3 is 0 Å². The standard InChI is InChI=1S/C8H5BClFO/c1-4-2-6(11)5(3-12)7(9)8(4)10/h2-3H,1H3. The molecule has 12 heavy (non-hydrogen) atoms. The SMILES string of the molecule is [B]c1c(Cl)c(C)cc(F)c1C=O. The van der Waals surface area contributed by atoms with Crippen LogP contribution in [0.2, 0.25) is 5.02 Å². The molecule has 1 nitrogen and oxygen atoms in total. The first kappa shape index (κ1) is 9.26. The van der Waals surface area contributed by atoms with Crippen molar-refractivity contribution in [2.45, 2.75) is 6.92 Å². The average molecular weight is 182 g/mol. The van der Waals surface area contributed by atoms with Crippen molar-refractivity contribution >= 4 is 31.2 Å². The molecule has 0 N–H and O–H groups in total. The van der Waals surface area contributed by atoms with Crippen molar-refractivity contribution in [2.75, 3.05) is 0 Å². The highest BCUT2D eigenvalue weighted by molar-refractivity contribution is 6.47. The first-order valence-electron chi connectivity index (χ1n) is 3.27. The van der Waals surface area contributed by atoms with E-state index in [1.54, 1.807) is 6.92 Å². The molecule has 0 bridgehead atoms. The zero-order valence-electron chi connectivity index (χ0n) is 6.40. The third-order valence-electron chi connectivity index (χ3n) is 1.59. The van der Waals surface area contributed by atoms with Gasteiger partial charge in [-0.3, -0.25) is 4.79 Å². The number of carbonyl (C=O) groups is 1. The van der Waals surface area contributed by atoms with Crippen molar-refractivity contribution in [3.05, 3.63) is 28.0 Å². The second-order valence-electron chi connectivity index (χ2n) is 2.43. The van der Waals surface area contributed by atoms with E-state index in [1.165, 1.54) is 6.07 Å². The van der Waals surface area contributed by atoms with Crippen LogP contribution >= 0.6 is 11.6 Å². The molecule has 60 valence electrons. The van der Waals surface area contributed by atoms with Gasteiger partial charge in [0.05, 0.1) is 0 Å². The first-order chi connectivity index (χ1) is 5.57. The molecule has 0 aromatic heterocycles. The largest absolute Gasteiger partial charge is 0.298 e. The fourth-order valence-electron chi connectivity index (χ4n) is 0.910. The Labute approximate surface area is 75.9 Å². The predicted molar refractivity (Wildman–Crippen MR) is 46.9 cm³/mol. The van der Waals surface area contributed by atoms with E-state index < -0.39 is 5.82 Å². The Balaban J connectivity index is 3.51. The van der Waals surface area contributed by atoms with Gasteiger partial charge < -0.3 is 0 Å². The highest BCUT2D eigenvalue weighted by Gasteiger charge is 2.09. The van der Waals surface area contributed by atoms with Gasteiger partial charge in [0.25, 0.3) is 0 Å². The molecule has 1 aromatic carbocycles. The summed E-state index contributed by atoms with van der Waals surface area (Å²) in [5.74, 6) is -0.635. The van der Waals surface area contributed by atoms with Gasteiger partial charge in [-0.2, -0.15) is 0 Å². The van der Waals surface area contributed by atoms with E-state index in [-0.39, 0.29) is 16.0 Å². The zero-order valence-corrected chi connectivity index (χ0v) is 7.15. The third-order valence-corrected chi connectivity index (χ3v) is 2.09. The lowest BCUT2D eigenvalue weighted by Gasteiger charge is -2.06. The fraction of sp³-hybridized carbons (Fsp3) is 0.125. The molecule has 1 aromatic rings. The lowest BCUT2D eigenvalue weighted by atomic mass is 9.89. The number of rotatable bonds is 1. The molecule has 0 aliphatic heterocycles. The van der Waals surface area contributed by atoms with E-state index >= 15 is 0 Å². The minimum Gasteiger partial charge on any atom is -0.298 e. The molecule has 0 unspecified atom stereocenters. The third kappa shape index (κ3) is 1.37. The summed E-state index contributed by atoms with van der Waals surface area (Å²) in [6.07, 6.45) is 0.357. The van der Waals surface area contributed by atoms with Crippen LogP contribution < -0.4 is 5.46 Å². The highest BCUT2D eigenvalue weighted by atomic mass is 35.5. The molecule has 0 saturated heterocycles. The fourth-order valence-corrected chi connectivity index (χ4v) is 1.07. The van der Waals surface area contributed by atoms with Gasteiger partial charge in [0.1, 0.15) is 13.7 Å². The van der Waals surface area contributed by atoms with E-state index in [2.05, 4.69) is 0 Å². The molecule has 4 heteroatoms. The molecule has 0 saturated carbocycles. The molecule has 0 fully saturated rings. The molecule has 0 heterocycles. The van der Waals surface area contributed by atoms with Crippen molar-refractivity contribution in [3.63, 3.8) is 0 Å². The topological polar surface area (TPSA) is 17.1 Å². The number of aryl methyl sites for hydroxylation is 1. The second-order valence-corrected chi connectivity index (χ2v) is 2.81. The molecule has 0 spiro atoms. The van der Waals surface area contributed by atoms with Crippen LogP contribution in [-0.4, -0.2) is 14.1 Å². The maximum absolute atomic E-state index is 12.9. The Kier molecular flexibility index (Phi) is 2.53. The van der Waals surface area contributed by atoms with Crippen LogP contribution in [0.15, 0.2) is 6.07 Å². The Hall–Kier alpha value is -0.825. The monoisotopic (exact) mass is 182 g/mol. The van der Waals surface area contributed by atoms with E-state index in [4.69, 9.17) is 19.4 Å². The van der Waals surface area contributed by atoms with Crippen molar-refractivity contribution < 1.29 is 9.18 Å². The number of carbonyl (C=O) groups excluding carboxylic acids is 1. The Morgan fingerprint density at radius 2 is 2.25 bits per heavy atom. The maximum atomic E-state index is 12.9. The minimum absolute atomic E-state index is 0.00386. The quantitative estimate of drug-likeness (QED) is 0.474. The van der Waals surface area contributed by atoms with Gasteiger partial charge in [0.15, 0.2) is 6.29 Å². The summed E-state index contributed by atoms with van der Waals surface area (Å²) in [5.41, 5.74) is 0.354. The van der Waals surface area contributed by atoms with Crippen molar-refractivity contribution in [1.82, 2.24) is 0 Å². The molecule has 2 radical (unpaired) electrons. The van der Waals surface area contributed by atoms with Crippen LogP contribution in [0.25, 0.3) is 0 Å². The average Bonchev–Trinajstić information content (AvgIpc) is 2.01. The first-order valence-corrected chi connectivity index (χ1v) is 3.65. The predicted octanol–water partition coefficient (Wildman–Crippen LogP) is 1.39. The Bertz CT molecular complexity index is 338. The summed E-state index contributed by atoms with van der Waals surface area (Å²) in [7, 11) is 5.39. The highest BCUT2D eigenvalue weighted by Crippen LogP contribution is 2.15. The van der Waals surface area contributed by atoms with Crippen LogP contribution in [-0.2, 0) is 0 Å². The van der Waals surface area contributed by atoms with E-state index in [0.717, 1.165) is 0 Å². The molecule has 0 aliphatic rings. The summed E-state index contributed by atoms with van der Waals surface area (Å²) < 4.78 is 12.9. The van der Waals surface area contributed by atoms with Gasteiger partial charge in [0.2, 0.25) is 0 Å². The number of halogens is 2. The van der Waals surface area contributed by atoms with E-state index in [9.17, 15) is 9.18 Å². The van der Waals surface area contributed by atoms with Crippen molar-refractivity contribution in [2.24, 2.45) is 0 Å². The summed E-state index contributed by atoms with van der Waals surface area (Å²) in [6.45, 7) is 1.62. The van der Waals surface area contributed by atoms with Crippen LogP contribution in [0.1, 0.15) is 15.9 Å². The zero-order chi connectivity index (χ0) is 9.30. The lowest BCUT2D eigenvalue weighted by Crippen LogP contribution is -2.15. The summed E-state index contributed by atoms with van der Waals surface area (Å²) in [5, 5.41) is 0.235. The molecule has 0 atom stereocenters. The number of hydrogen-bond acceptors (Lipinski definition) is 1. The van der Waals surface area contributed by atoms with Crippen LogP contribution in [0.4, 0.5) is 4.39 Å². The van der Waals surface area contributed by atoms with Gasteiger partial charge in [-0.1, -0.05) is 17.1 Å². The van der Waals surface area contributed by atoms with Crippen LogP contribution in [0.3, 0.4) is 0 Å². The smallest absolute Gasteiger partial charge is 0.152 e. The maximum Gasteiger partial charge on any atom is 0.152 e. The number of aldehydes is 1. The minimum atomic E-state index is -0.635. The van der Waals surface area contributed by atoms with Crippen LogP contribution in [0.5, 0.6) is 0 Å².